The molecule has 3 rings (SSSR count). The normalized spacial score (nSPS) is 14.9. The number of aryl methyl sites for hydroxylation is 4. The topological polar surface area (TPSA) is 4.93 Å². The van der Waals surface area contributed by atoms with Gasteiger partial charge >= 0.3 is 0 Å². The van der Waals surface area contributed by atoms with Crippen LogP contribution in [-0.4, -0.2) is 4.57 Å². The van der Waals surface area contributed by atoms with E-state index in [-0.39, 0.29) is 0 Å². The third-order valence-corrected chi connectivity index (χ3v) is 4.02. The van der Waals surface area contributed by atoms with Crippen LogP contribution in [0.4, 0.5) is 0 Å². The van der Waals surface area contributed by atoms with E-state index in [9.17, 15) is 0 Å². The summed E-state index contributed by atoms with van der Waals surface area (Å²) in [6.07, 6.45) is 3.89. The van der Waals surface area contributed by atoms with Crippen LogP contribution in [0.2, 0.25) is 0 Å². The molecule has 0 amide bonds. The van der Waals surface area contributed by atoms with Gasteiger partial charge in [-0.3, -0.25) is 0 Å². The van der Waals surface area contributed by atoms with Crippen molar-refractivity contribution in [2.45, 2.75) is 33.1 Å². The predicted molar refractivity (Wildman–Crippen MR) is 64.4 cm³/mol. The molecule has 0 saturated heterocycles. The van der Waals surface area contributed by atoms with Gasteiger partial charge in [-0.15, -0.1) is 0 Å². The zero-order valence-electron chi connectivity index (χ0n) is 9.72. The highest BCUT2D eigenvalue weighted by Crippen LogP contribution is 2.31. The molecule has 1 heterocycles. The fraction of sp³-hybridized carbons (Fsp3) is 0.429. The molecule has 78 valence electrons. The number of fused-ring (bicyclic) bond motifs is 2. The summed E-state index contributed by atoms with van der Waals surface area (Å²) in [4.78, 5) is 0. The van der Waals surface area contributed by atoms with Crippen molar-refractivity contribution in [3.05, 3.63) is 34.5 Å². The van der Waals surface area contributed by atoms with Crippen LogP contribution in [0.15, 0.2) is 12.1 Å². The molecule has 1 aliphatic rings. The van der Waals surface area contributed by atoms with Gasteiger partial charge in [-0.1, -0.05) is 0 Å². The molecule has 0 bridgehead atoms. The van der Waals surface area contributed by atoms with Crippen LogP contribution in [0.3, 0.4) is 0 Å². The Bertz CT molecular complexity index is 499. The van der Waals surface area contributed by atoms with Crippen molar-refractivity contribution >= 4 is 10.9 Å². The summed E-state index contributed by atoms with van der Waals surface area (Å²) in [5.74, 6) is 0. The first-order chi connectivity index (χ1) is 7.18. The minimum atomic E-state index is 1.27. The van der Waals surface area contributed by atoms with Gasteiger partial charge in [-0.05, 0) is 61.9 Å². The van der Waals surface area contributed by atoms with Crippen molar-refractivity contribution in [3.8, 4) is 0 Å². The second kappa shape index (κ2) is 2.88. The molecule has 1 aromatic heterocycles. The second-order valence-corrected chi connectivity index (χ2v) is 4.76. The molecule has 0 radical (unpaired) electrons. The highest BCUT2D eigenvalue weighted by molar-refractivity contribution is 5.87. The van der Waals surface area contributed by atoms with Crippen LogP contribution in [0, 0.1) is 13.8 Å². The van der Waals surface area contributed by atoms with Gasteiger partial charge < -0.3 is 4.57 Å². The van der Waals surface area contributed by atoms with Crippen LogP contribution >= 0.6 is 0 Å². The molecule has 1 aromatic carbocycles. The minimum absolute atomic E-state index is 1.27. The van der Waals surface area contributed by atoms with Gasteiger partial charge in [-0.2, -0.15) is 0 Å². The lowest BCUT2D eigenvalue weighted by Crippen LogP contribution is -1.91. The first-order valence-electron chi connectivity index (χ1n) is 5.76. The summed E-state index contributed by atoms with van der Waals surface area (Å²) in [5.41, 5.74) is 7.40. The molecule has 0 fully saturated rings. The third kappa shape index (κ3) is 1.09. The van der Waals surface area contributed by atoms with Crippen LogP contribution in [0.25, 0.3) is 10.9 Å². The number of aromatic nitrogens is 1. The van der Waals surface area contributed by atoms with Gasteiger partial charge in [0.05, 0.1) is 0 Å². The Morgan fingerprint density at radius 2 is 1.73 bits per heavy atom. The summed E-state index contributed by atoms with van der Waals surface area (Å²) >= 11 is 0. The zero-order chi connectivity index (χ0) is 10.6. The highest BCUT2D eigenvalue weighted by atomic mass is 14.9. The second-order valence-electron chi connectivity index (χ2n) is 4.76. The smallest absolute Gasteiger partial charge is 0.0485 e. The predicted octanol–water partition coefficient (Wildman–Crippen LogP) is 3.28. The third-order valence-electron chi connectivity index (χ3n) is 4.02. The Kier molecular flexibility index (Phi) is 1.73. The van der Waals surface area contributed by atoms with Crippen molar-refractivity contribution < 1.29 is 0 Å². The van der Waals surface area contributed by atoms with Gasteiger partial charge in [-0.25, -0.2) is 0 Å². The maximum atomic E-state index is 2.42. The quantitative estimate of drug-likeness (QED) is 0.613. The van der Waals surface area contributed by atoms with E-state index >= 15 is 0 Å². The number of benzene rings is 1. The van der Waals surface area contributed by atoms with Gasteiger partial charge in [0.2, 0.25) is 0 Å². The summed E-state index contributed by atoms with van der Waals surface area (Å²) in [7, 11) is 2.17. The first kappa shape index (κ1) is 9.02. The average molecular weight is 199 g/mol. The van der Waals surface area contributed by atoms with E-state index in [4.69, 9.17) is 0 Å². The maximum Gasteiger partial charge on any atom is 0.0485 e. The van der Waals surface area contributed by atoms with Crippen molar-refractivity contribution in [1.82, 2.24) is 4.57 Å². The maximum absolute atomic E-state index is 2.42. The van der Waals surface area contributed by atoms with E-state index in [1.807, 2.05) is 0 Å². The fourth-order valence-corrected chi connectivity index (χ4v) is 2.82. The van der Waals surface area contributed by atoms with Gasteiger partial charge in [0.15, 0.2) is 0 Å². The monoisotopic (exact) mass is 199 g/mol. The summed E-state index contributed by atoms with van der Waals surface area (Å²) < 4.78 is 2.32. The van der Waals surface area contributed by atoms with Gasteiger partial charge in [0, 0.05) is 23.6 Å². The summed E-state index contributed by atoms with van der Waals surface area (Å²) in [5, 5.41) is 1.45. The standard InChI is InChI=1S/C14H17N/c1-9-10(2)15(3)14-8-12-6-4-5-11(12)7-13(9)14/h7-8H,4-6H2,1-3H3. The largest absolute Gasteiger partial charge is 0.348 e. The lowest BCUT2D eigenvalue weighted by molar-refractivity contribution is 0.903. The van der Waals surface area contributed by atoms with Gasteiger partial charge in [0.25, 0.3) is 0 Å². The molecule has 0 aliphatic heterocycles. The van der Waals surface area contributed by atoms with E-state index in [2.05, 4.69) is 37.6 Å². The fourth-order valence-electron chi connectivity index (χ4n) is 2.82. The van der Waals surface area contributed by atoms with Gasteiger partial charge in [0.1, 0.15) is 0 Å². The van der Waals surface area contributed by atoms with E-state index in [0.717, 1.165) is 0 Å². The lowest BCUT2D eigenvalue weighted by Gasteiger charge is -2.02. The van der Waals surface area contributed by atoms with E-state index in [1.165, 1.54) is 41.4 Å². The van der Waals surface area contributed by atoms with Crippen LogP contribution in [-0.2, 0) is 19.9 Å². The van der Waals surface area contributed by atoms with Crippen molar-refractivity contribution in [2.75, 3.05) is 0 Å². The Labute approximate surface area is 90.7 Å². The van der Waals surface area contributed by atoms with E-state index in [0.29, 0.717) is 0 Å². The Morgan fingerprint density at radius 1 is 1.07 bits per heavy atom. The molecule has 0 spiro atoms. The molecule has 0 N–H and O–H groups in total. The van der Waals surface area contributed by atoms with Crippen LogP contribution < -0.4 is 0 Å². The Morgan fingerprint density at radius 3 is 2.47 bits per heavy atom. The Balaban J connectivity index is 2.43. The molecule has 1 heteroatoms. The van der Waals surface area contributed by atoms with Crippen molar-refractivity contribution in [1.29, 1.82) is 0 Å². The molecule has 0 saturated carbocycles. The van der Waals surface area contributed by atoms with E-state index in [1.54, 1.807) is 11.1 Å². The first-order valence-corrected chi connectivity index (χ1v) is 5.76. The summed E-state index contributed by atoms with van der Waals surface area (Å²) in [6.45, 7) is 4.44. The molecule has 0 unspecified atom stereocenters. The molecule has 0 atom stereocenters. The van der Waals surface area contributed by atoms with Crippen LogP contribution in [0.1, 0.15) is 28.8 Å². The Hall–Kier alpha value is -1.24. The number of hydrogen-bond donors (Lipinski definition) is 0. The molecule has 1 nitrogen and oxygen atoms in total. The molecular weight excluding hydrogens is 182 g/mol. The van der Waals surface area contributed by atoms with Crippen molar-refractivity contribution in [2.24, 2.45) is 7.05 Å². The number of rotatable bonds is 0. The van der Waals surface area contributed by atoms with E-state index < -0.39 is 0 Å². The number of hydrogen-bond acceptors (Lipinski definition) is 0. The zero-order valence-corrected chi connectivity index (χ0v) is 9.72. The lowest BCUT2D eigenvalue weighted by atomic mass is 10.1. The summed E-state index contributed by atoms with van der Waals surface area (Å²) in [6, 6.07) is 4.82. The average Bonchev–Trinajstić information content (AvgIpc) is 2.77. The minimum Gasteiger partial charge on any atom is -0.348 e. The highest BCUT2D eigenvalue weighted by Gasteiger charge is 2.15. The number of nitrogens with zero attached hydrogens (tertiary/aromatic N) is 1. The molecule has 15 heavy (non-hydrogen) atoms. The molecule has 2 aromatic rings. The van der Waals surface area contributed by atoms with Crippen LogP contribution in [0.5, 0.6) is 0 Å². The van der Waals surface area contributed by atoms with Crippen molar-refractivity contribution in [3.63, 3.8) is 0 Å². The molecular formula is C14H17N. The SMILES string of the molecule is Cc1c(C)n(C)c2cc3c(cc12)CCC3. The molecule has 1 aliphatic carbocycles.